The van der Waals surface area contributed by atoms with Crippen LogP contribution in [0.25, 0.3) is 0 Å². The van der Waals surface area contributed by atoms with Gasteiger partial charge >= 0.3 is 0 Å². The predicted octanol–water partition coefficient (Wildman–Crippen LogP) is 3.40. The van der Waals surface area contributed by atoms with Crippen molar-refractivity contribution in [1.29, 1.82) is 0 Å². The smallest absolute Gasteiger partial charge is 0.0107 e. The average molecular weight is 298 g/mol. The second-order valence-corrected chi connectivity index (χ2v) is 6.52. The van der Waals surface area contributed by atoms with Gasteiger partial charge in [-0.1, -0.05) is 64.7 Å². The van der Waals surface area contributed by atoms with Gasteiger partial charge in [0.25, 0.3) is 0 Å². The molecule has 0 aromatic carbocycles. The lowest BCUT2D eigenvalue weighted by Crippen LogP contribution is -2.34. The molecular weight excluding hydrogens is 258 g/mol. The topological polar surface area (TPSA) is 27.3 Å². The molecule has 0 aliphatic carbocycles. The highest BCUT2D eigenvalue weighted by atomic mass is 15.2. The Morgan fingerprint density at radius 1 is 0.619 bits per heavy atom. The minimum atomic E-state index is 1.12. The van der Waals surface area contributed by atoms with E-state index in [0.29, 0.717) is 0 Å². The molecule has 21 heavy (non-hydrogen) atoms. The molecule has 1 heterocycles. The third-order valence-electron chi connectivity index (χ3n) is 4.52. The van der Waals surface area contributed by atoms with Gasteiger partial charge in [-0.25, -0.2) is 0 Å². The molecule has 1 aliphatic heterocycles. The summed E-state index contributed by atoms with van der Waals surface area (Å²) in [6.45, 7) is 10.6. The Morgan fingerprint density at radius 3 is 1.62 bits per heavy atom. The summed E-state index contributed by atoms with van der Waals surface area (Å²) in [4.78, 5) is 2.62. The minimum absolute atomic E-state index is 1.12. The van der Waals surface area contributed by atoms with Gasteiger partial charge in [0.15, 0.2) is 0 Å². The van der Waals surface area contributed by atoms with Crippen LogP contribution in [-0.4, -0.2) is 50.7 Å². The van der Waals surface area contributed by atoms with E-state index in [9.17, 15) is 0 Å². The van der Waals surface area contributed by atoms with Crippen molar-refractivity contribution < 1.29 is 0 Å². The molecule has 0 radical (unpaired) electrons. The van der Waals surface area contributed by atoms with Gasteiger partial charge in [0.2, 0.25) is 0 Å². The first-order valence-electron chi connectivity index (χ1n) is 9.57. The highest BCUT2D eigenvalue weighted by molar-refractivity contribution is 4.65. The molecule has 1 fully saturated rings. The van der Waals surface area contributed by atoms with Crippen LogP contribution in [0.3, 0.4) is 0 Å². The first-order chi connectivity index (χ1) is 10.4. The van der Waals surface area contributed by atoms with Crippen LogP contribution in [0.5, 0.6) is 0 Å². The van der Waals surface area contributed by atoms with Crippen molar-refractivity contribution >= 4 is 0 Å². The lowest BCUT2D eigenvalue weighted by atomic mass is 10.1. The monoisotopic (exact) mass is 297 g/mol. The number of hydrogen-bond acceptors (Lipinski definition) is 3. The molecule has 0 unspecified atom stereocenters. The third-order valence-corrected chi connectivity index (χ3v) is 4.52. The second kappa shape index (κ2) is 14.8. The zero-order valence-corrected chi connectivity index (χ0v) is 14.5. The highest BCUT2D eigenvalue weighted by Gasteiger charge is 2.05. The van der Waals surface area contributed by atoms with E-state index in [4.69, 9.17) is 0 Å². The molecule has 0 aromatic heterocycles. The van der Waals surface area contributed by atoms with E-state index >= 15 is 0 Å². The highest BCUT2D eigenvalue weighted by Crippen LogP contribution is 2.10. The Kier molecular flexibility index (Phi) is 13.3. The van der Waals surface area contributed by atoms with Gasteiger partial charge in [0.05, 0.1) is 0 Å². The maximum atomic E-state index is 3.49. The van der Waals surface area contributed by atoms with Gasteiger partial charge in [-0.15, -0.1) is 0 Å². The van der Waals surface area contributed by atoms with E-state index in [0.717, 1.165) is 26.2 Å². The van der Waals surface area contributed by atoms with Crippen LogP contribution in [-0.2, 0) is 0 Å². The average Bonchev–Trinajstić information content (AvgIpc) is 2.63. The standard InChI is InChI=1S/C18H39N3/c1-2-3-4-5-6-7-8-9-10-11-16-21-17-14-19-12-13-20-15-18-21/h19-20H,2-18H2,1H3. The van der Waals surface area contributed by atoms with Crippen LogP contribution in [0.15, 0.2) is 0 Å². The zero-order chi connectivity index (χ0) is 15.0. The lowest BCUT2D eigenvalue weighted by molar-refractivity contribution is 0.273. The molecule has 0 amide bonds. The van der Waals surface area contributed by atoms with Gasteiger partial charge in [-0.05, 0) is 13.0 Å². The fourth-order valence-corrected chi connectivity index (χ4v) is 3.06. The summed E-state index contributed by atoms with van der Waals surface area (Å²) >= 11 is 0. The summed E-state index contributed by atoms with van der Waals surface area (Å²) < 4.78 is 0. The Morgan fingerprint density at radius 2 is 1.10 bits per heavy atom. The SMILES string of the molecule is CCCCCCCCCCCCN1CCNCCNCC1. The van der Waals surface area contributed by atoms with Gasteiger partial charge < -0.3 is 15.5 Å². The van der Waals surface area contributed by atoms with E-state index in [1.54, 1.807) is 0 Å². The van der Waals surface area contributed by atoms with Crippen LogP contribution in [0.1, 0.15) is 71.1 Å². The van der Waals surface area contributed by atoms with E-state index in [1.165, 1.54) is 83.8 Å². The molecular formula is C18H39N3. The van der Waals surface area contributed by atoms with Crippen molar-refractivity contribution in [2.24, 2.45) is 0 Å². The Balaban J connectivity index is 1.86. The Labute approximate surface area is 133 Å². The molecule has 0 saturated carbocycles. The molecule has 1 aliphatic rings. The van der Waals surface area contributed by atoms with Crippen LogP contribution < -0.4 is 10.6 Å². The maximum absolute atomic E-state index is 3.49. The van der Waals surface area contributed by atoms with Gasteiger partial charge in [0.1, 0.15) is 0 Å². The molecule has 2 N–H and O–H groups in total. The van der Waals surface area contributed by atoms with Crippen molar-refractivity contribution in [3.63, 3.8) is 0 Å². The molecule has 0 aromatic rings. The molecule has 0 spiro atoms. The van der Waals surface area contributed by atoms with Crippen molar-refractivity contribution in [1.82, 2.24) is 15.5 Å². The third kappa shape index (κ3) is 12.1. The number of hydrogen-bond donors (Lipinski definition) is 2. The van der Waals surface area contributed by atoms with Crippen molar-refractivity contribution in [3.8, 4) is 0 Å². The summed E-state index contributed by atoms with van der Waals surface area (Å²) in [5.74, 6) is 0. The quantitative estimate of drug-likeness (QED) is 0.572. The fraction of sp³-hybridized carbons (Fsp3) is 1.00. The maximum Gasteiger partial charge on any atom is 0.0107 e. The number of nitrogens with zero attached hydrogens (tertiary/aromatic N) is 1. The summed E-state index contributed by atoms with van der Waals surface area (Å²) in [5, 5.41) is 6.98. The summed E-state index contributed by atoms with van der Waals surface area (Å²) in [5.41, 5.74) is 0. The van der Waals surface area contributed by atoms with Gasteiger partial charge in [-0.2, -0.15) is 0 Å². The molecule has 3 nitrogen and oxygen atoms in total. The van der Waals surface area contributed by atoms with Gasteiger partial charge in [0, 0.05) is 39.3 Å². The molecule has 0 atom stereocenters. The second-order valence-electron chi connectivity index (χ2n) is 6.52. The molecule has 0 bridgehead atoms. The zero-order valence-electron chi connectivity index (χ0n) is 14.5. The van der Waals surface area contributed by atoms with Crippen molar-refractivity contribution in [2.45, 2.75) is 71.1 Å². The largest absolute Gasteiger partial charge is 0.314 e. The van der Waals surface area contributed by atoms with Crippen molar-refractivity contribution in [2.75, 3.05) is 45.8 Å². The van der Waals surface area contributed by atoms with Crippen LogP contribution in [0.2, 0.25) is 0 Å². The number of unbranched alkanes of at least 4 members (excludes halogenated alkanes) is 9. The summed E-state index contributed by atoms with van der Waals surface area (Å²) in [7, 11) is 0. The van der Waals surface area contributed by atoms with Crippen LogP contribution >= 0.6 is 0 Å². The number of nitrogens with one attached hydrogen (secondary N) is 2. The first-order valence-corrected chi connectivity index (χ1v) is 9.57. The predicted molar refractivity (Wildman–Crippen MR) is 94.0 cm³/mol. The lowest BCUT2D eigenvalue weighted by Gasteiger charge is -2.21. The first kappa shape index (κ1) is 18.9. The van der Waals surface area contributed by atoms with E-state index in [1.807, 2.05) is 0 Å². The molecule has 1 rings (SSSR count). The normalized spacial score (nSPS) is 18.1. The fourth-order valence-electron chi connectivity index (χ4n) is 3.06. The van der Waals surface area contributed by atoms with Crippen molar-refractivity contribution in [3.05, 3.63) is 0 Å². The molecule has 3 heteroatoms. The summed E-state index contributed by atoms with van der Waals surface area (Å²) in [6.07, 6.45) is 14.3. The van der Waals surface area contributed by atoms with E-state index < -0.39 is 0 Å². The van der Waals surface area contributed by atoms with Gasteiger partial charge in [-0.3, -0.25) is 0 Å². The van der Waals surface area contributed by atoms with E-state index in [2.05, 4.69) is 22.5 Å². The van der Waals surface area contributed by atoms with E-state index in [-0.39, 0.29) is 0 Å². The molecule has 1 saturated heterocycles. The number of rotatable bonds is 11. The Hall–Kier alpha value is -0.120. The van der Waals surface area contributed by atoms with Crippen LogP contribution in [0.4, 0.5) is 0 Å². The molecule has 126 valence electrons. The summed E-state index contributed by atoms with van der Waals surface area (Å²) in [6, 6.07) is 0. The minimum Gasteiger partial charge on any atom is -0.314 e. The van der Waals surface area contributed by atoms with Crippen LogP contribution in [0, 0.1) is 0 Å². The Bertz CT molecular complexity index is 199.